The van der Waals surface area contributed by atoms with E-state index in [1.165, 1.54) is 19.2 Å². The van der Waals surface area contributed by atoms with Crippen LogP contribution in [0.1, 0.15) is 38.7 Å². The number of hydrogen-bond donors (Lipinski definition) is 1. The van der Waals surface area contributed by atoms with Crippen LogP contribution in [0, 0.1) is 16.0 Å². The van der Waals surface area contributed by atoms with Crippen LogP contribution in [0.3, 0.4) is 0 Å². The Hall–Kier alpha value is -4.47. The molecule has 10 nitrogen and oxygen atoms in total. The number of hydrogen-bond acceptors (Lipinski definition) is 7. The first-order valence-corrected chi connectivity index (χ1v) is 11.6. The standard InChI is InChI=1S/C26H24N4O6/c1-36-26(33)19-5-2-3-6-20(19)27-25(32)17-9-10-22(23(12-17)30(34)35)28-13-16-11-18(15-28)21-7-4-8-24(31)29(21)14-16/h2-10,12,16,18H,11,13-15H2,1H3,(H,27,32). The molecule has 0 spiro atoms. The Morgan fingerprint density at radius 2 is 1.86 bits per heavy atom. The summed E-state index contributed by atoms with van der Waals surface area (Å²) in [6, 6.07) is 16.0. The van der Waals surface area contributed by atoms with Gasteiger partial charge in [0.05, 0.1) is 23.3 Å². The number of methoxy groups -OCH3 is 1. The number of pyridine rings is 1. The van der Waals surface area contributed by atoms with Gasteiger partial charge in [0.2, 0.25) is 0 Å². The van der Waals surface area contributed by atoms with Crippen LogP contribution in [-0.4, -0.2) is 41.6 Å². The number of carbonyl (C=O) groups excluding carboxylic acids is 2. The van der Waals surface area contributed by atoms with Gasteiger partial charge >= 0.3 is 5.97 Å². The molecule has 1 amide bonds. The number of benzene rings is 2. The number of esters is 1. The molecule has 2 aliphatic heterocycles. The molecule has 5 rings (SSSR count). The number of amides is 1. The quantitative estimate of drug-likeness (QED) is 0.332. The number of nitro groups is 1. The highest BCUT2D eigenvalue weighted by atomic mass is 16.6. The molecule has 1 N–H and O–H groups in total. The van der Waals surface area contributed by atoms with Crippen molar-refractivity contribution >= 4 is 28.9 Å². The highest BCUT2D eigenvalue weighted by Gasteiger charge is 2.36. The van der Waals surface area contributed by atoms with Gasteiger partial charge in [0, 0.05) is 48.9 Å². The van der Waals surface area contributed by atoms with Crippen LogP contribution in [0.4, 0.5) is 17.1 Å². The van der Waals surface area contributed by atoms with E-state index in [9.17, 15) is 24.5 Å². The Bertz CT molecular complexity index is 1430. The van der Waals surface area contributed by atoms with Crippen molar-refractivity contribution in [2.45, 2.75) is 18.9 Å². The molecule has 1 fully saturated rings. The van der Waals surface area contributed by atoms with E-state index in [1.54, 1.807) is 42.5 Å². The second-order valence-corrected chi connectivity index (χ2v) is 9.06. The average Bonchev–Trinajstić information content (AvgIpc) is 2.88. The van der Waals surface area contributed by atoms with E-state index in [1.807, 2.05) is 15.5 Å². The van der Waals surface area contributed by atoms with Crippen LogP contribution in [0.15, 0.2) is 65.5 Å². The third-order valence-electron chi connectivity index (χ3n) is 6.84. The summed E-state index contributed by atoms with van der Waals surface area (Å²) in [6.07, 6.45) is 0.924. The highest BCUT2D eigenvalue weighted by Crippen LogP contribution is 2.39. The molecule has 2 aliphatic rings. The van der Waals surface area contributed by atoms with E-state index < -0.39 is 16.8 Å². The van der Waals surface area contributed by atoms with Gasteiger partial charge in [0.25, 0.3) is 17.2 Å². The van der Waals surface area contributed by atoms with Crippen LogP contribution < -0.4 is 15.8 Å². The van der Waals surface area contributed by atoms with E-state index in [0.29, 0.717) is 25.3 Å². The van der Waals surface area contributed by atoms with Crippen molar-refractivity contribution in [3.63, 3.8) is 0 Å². The molecule has 1 saturated heterocycles. The van der Waals surface area contributed by atoms with Crippen LogP contribution >= 0.6 is 0 Å². The molecule has 2 unspecified atom stereocenters. The lowest BCUT2D eigenvalue weighted by molar-refractivity contribution is -0.384. The van der Waals surface area contributed by atoms with Crippen LogP contribution in [-0.2, 0) is 11.3 Å². The number of nitro benzene ring substituents is 1. The fourth-order valence-electron chi connectivity index (χ4n) is 5.25. The molecule has 3 aromatic rings. The van der Waals surface area contributed by atoms with Gasteiger partial charge in [-0.05, 0) is 42.7 Å². The molecular formula is C26H24N4O6. The summed E-state index contributed by atoms with van der Waals surface area (Å²) in [5.74, 6) is -0.908. The Kier molecular flexibility index (Phi) is 6.01. The summed E-state index contributed by atoms with van der Waals surface area (Å²) < 4.78 is 6.56. The fourth-order valence-corrected chi connectivity index (χ4v) is 5.25. The number of ether oxygens (including phenoxy) is 1. The maximum atomic E-state index is 12.9. The van der Waals surface area contributed by atoms with Crippen molar-refractivity contribution in [2.75, 3.05) is 30.4 Å². The number of aromatic nitrogens is 1. The molecule has 36 heavy (non-hydrogen) atoms. The number of carbonyl (C=O) groups is 2. The number of nitrogens with zero attached hydrogens (tertiary/aromatic N) is 3. The van der Waals surface area contributed by atoms with E-state index in [0.717, 1.165) is 12.1 Å². The zero-order valence-corrected chi connectivity index (χ0v) is 19.5. The fraction of sp³-hybridized carbons (Fsp3) is 0.269. The summed E-state index contributed by atoms with van der Waals surface area (Å²) in [5, 5.41) is 14.7. The third-order valence-corrected chi connectivity index (χ3v) is 6.84. The third kappa shape index (κ3) is 4.21. The van der Waals surface area contributed by atoms with Gasteiger partial charge < -0.3 is 19.5 Å². The second kappa shape index (κ2) is 9.29. The molecule has 0 radical (unpaired) electrons. The molecule has 0 saturated carbocycles. The predicted octanol–water partition coefficient (Wildman–Crippen LogP) is 3.42. The number of para-hydroxylation sites is 1. The first-order valence-electron chi connectivity index (χ1n) is 11.6. The Balaban J connectivity index is 1.42. The molecule has 1 aromatic heterocycles. The van der Waals surface area contributed by atoms with E-state index in [-0.39, 0.29) is 39.9 Å². The molecule has 0 aliphatic carbocycles. The molecule has 2 atom stereocenters. The van der Waals surface area contributed by atoms with Gasteiger partial charge in [-0.1, -0.05) is 18.2 Å². The number of rotatable bonds is 5. The normalized spacial score (nSPS) is 18.2. The van der Waals surface area contributed by atoms with Crippen molar-refractivity contribution in [3.05, 3.63) is 98.0 Å². The van der Waals surface area contributed by atoms with Gasteiger partial charge in [0.15, 0.2) is 0 Å². The Morgan fingerprint density at radius 1 is 1.06 bits per heavy atom. The predicted molar refractivity (Wildman–Crippen MR) is 133 cm³/mol. The zero-order chi connectivity index (χ0) is 25.4. The molecule has 3 heterocycles. The van der Waals surface area contributed by atoms with Crippen LogP contribution in [0.25, 0.3) is 0 Å². The topological polar surface area (TPSA) is 124 Å². The van der Waals surface area contributed by atoms with Gasteiger partial charge in [-0.25, -0.2) is 4.79 Å². The first-order chi connectivity index (χ1) is 17.4. The summed E-state index contributed by atoms with van der Waals surface area (Å²) in [5.41, 5.74) is 1.72. The molecule has 10 heteroatoms. The Labute approximate surface area is 206 Å². The monoisotopic (exact) mass is 488 g/mol. The number of nitrogens with one attached hydrogen (secondary N) is 1. The summed E-state index contributed by atoms with van der Waals surface area (Å²) in [6.45, 7) is 1.70. The van der Waals surface area contributed by atoms with Gasteiger partial charge in [-0.3, -0.25) is 19.7 Å². The van der Waals surface area contributed by atoms with Crippen LogP contribution in [0.2, 0.25) is 0 Å². The van der Waals surface area contributed by atoms with Crippen molar-refractivity contribution in [3.8, 4) is 0 Å². The largest absolute Gasteiger partial charge is 0.465 e. The molecule has 2 aromatic carbocycles. The van der Waals surface area contributed by atoms with E-state index in [2.05, 4.69) is 5.32 Å². The average molecular weight is 489 g/mol. The zero-order valence-electron chi connectivity index (χ0n) is 19.5. The van der Waals surface area contributed by atoms with Crippen molar-refractivity contribution in [2.24, 2.45) is 5.92 Å². The number of fused-ring (bicyclic) bond motifs is 4. The first kappa shape index (κ1) is 23.3. The Morgan fingerprint density at radius 3 is 2.64 bits per heavy atom. The lowest BCUT2D eigenvalue weighted by Crippen LogP contribution is -2.47. The van der Waals surface area contributed by atoms with Crippen molar-refractivity contribution < 1.29 is 19.2 Å². The highest BCUT2D eigenvalue weighted by molar-refractivity contribution is 6.08. The molecular weight excluding hydrogens is 464 g/mol. The minimum absolute atomic E-state index is 0.0224. The van der Waals surface area contributed by atoms with Crippen molar-refractivity contribution in [1.29, 1.82) is 0 Å². The van der Waals surface area contributed by atoms with Gasteiger partial charge in [-0.15, -0.1) is 0 Å². The molecule has 2 bridgehead atoms. The summed E-state index contributed by atoms with van der Waals surface area (Å²) in [4.78, 5) is 50.7. The smallest absolute Gasteiger partial charge is 0.339 e. The SMILES string of the molecule is COC(=O)c1ccccc1NC(=O)c1ccc(N2CC3CC(C2)c2cccc(=O)n2C3)c([N+](=O)[O-])c1. The van der Waals surface area contributed by atoms with Gasteiger partial charge in [0.1, 0.15) is 5.69 Å². The maximum absolute atomic E-state index is 12.9. The second-order valence-electron chi connectivity index (χ2n) is 9.06. The minimum atomic E-state index is -0.605. The van der Waals surface area contributed by atoms with Gasteiger partial charge in [-0.2, -0.15) is 0 Å². The molecule has 184 valence electrons. The maximum Gasteiger partial charge on any atom is 0.339 e. The van der Waals surface area contributed by atoms with E-state index >= 15 is 0 Å². The number of anilines is 2. The minimum Gasteiger partial charge on any atom is -0.465 e. The lowest BCUT2D eigenvalue weighted by atomic mass is 9.83. The van der Waals surface area contributed by atoms with E-state index in [4.69, 9.17) is 4.74 Å². The number of piperidine rings is 1. The lowest BCUT2D eigenvalue weighted by Gasteiger charge is -2.43. The van der Waals surface area contributed by atoms with Crippen molar-refractivity contribution in [1.82, 2.24) is 4.57 Å². The summed E-state index contributed by atoms with van der Waals surface area (Å²) in [7, 11) is 1.24. The van der Waals surface area contributed by atoms with Crippen LogP contribution in [0.5, 0.6) is 0 Å². The summed E-state index contributed by atoms with van der Waals surface area (Å²) >= 11 is 0.